The van der Waals surface area contributed by atoms with Crippen LogP contribution in [0.2, 0.25) is 0 Å². The van der Waals surface area contributed by atoms with Crippen LogP contribution in [0.5, 0.6) is 0 Å². The van der Waals surface area contributed by atoms with Crippen LogP contribution in [0.15, 0.2) is 0 Å². The van der Waals surface area contributed by atoms with E-state index in [2.05, 4.69) is 5.32 Å². The van der Waals surface area contributed by atoms with Crippen LogP contribution in [-0.2, 0) is 0 Å². The van der Waals surface area contributed by atoms with Crippen molar-refractivity contribution in [3.05, 3.63) is 0 Å². The van der Waals surface area contributed by atoms with E-state index < -0.39 is 18.6 Å². The second-order valence-corrected chi connectivity index (χ2v) is 2.57. The number of nitrogens with one attached hydrogen (secondary N) is 1. The molecule has 5 heteroatoms. The Bertz CT molecular complexity index is 115. The monoisotopic (exact) mass is 187 g/mol. The molecule has 11 heavy (non-hydrogen) atoms. The zero-order chi connectivity index (χ0) is 7.56. The lowest BCUT2D eigenvalue weighted by Crippen LogP contribution is -2.44. The molecule has 1 saturated heterocycles. The van der Waals surface area contributed by atoms with Crippen molar-refractivity contribution in [3.8, 4) is 0 Å². The highest BCUT2D eigenvalue weighted by atomic mass is 35.5. The van der Waals surface area contributed by atoms with Crippen molar-refractivity contribution in [2.45, 2.75) is 31.4 Å². The Morgan fingerprint density at radius 3 is 2.45 bits per heavy atom. The number of aliphatic hydroxyl groups excluding tert-OH is 1. The molecule has 68 valence electrons. The van der Waals surface area contributed by atoms with Crippen LogP contribution in [0.1, 0.15) is 12.8 Å². The Hall–Kier alpha value is 0.0700. The Morgan fingerprint density at radius 1 is 1.45 bits per heavy atom. The molecule has 0 bridgehead atoms. The number of aliphatic hydroxyl groups is 1. The van der Waals surface area contributed by atoms with E-state index in [0.717, 1.165) is 0 Å². The first kappa shape index (κ1) is 11.1. The fraction of sp³-hybridized carbons (Fsp3) is 1.00. The maximum absolute atomic E-state index is 11.9. The van der Waals surface area contributed by atoms with Gasteiger partial charge >= 0.3 is 0 Å². The summed E-state index contributed by atoms with van der Waals surface area (Å²) in [5.74, 6) is 0. The first-order valence-corrected chi connectivity index (χ1v) is 3.39. The van der Waals surface area contributed by atoms with Gasteiger partial charge in [-0.05, 0) is 19.4 Å². The van der Waals surface area contributed by atoms with Crippen LogP contribution < -0.4 is 5.32 Å². The average Bonchev–Trinajstić information content (AvgIpc) is 1.88. The predicted octanol–water partition coefficient (Wildman–Crippen LogP) is 0.786. The fourth-order valence-corrected chi connectivity index (χ4v) is 1.12. The van der Waals surface area contributed by atoms with Crippen LogP contribution in [0.4, 0.5) is 8.78 Å². The highest BCUT2D eigenvalue weighted by Gasteiger charge is 2.26. The second-order valence-electron chi connectivity index (χ2n) is 2.57. The quantitative estimate of drug-likeness (QED) is 0.636. The second kappa shape index (κ2) is 4.85. The summed E-state index contributed by atoms with van der Waals surface area (Å²) < 4.78 is 23.8. The molecular weight excluding hydrogens is 176 g/mol. The van der Waals surface area contributed by atoms with Crippen LogP contribution in [0.25, 0.3) is 0 Å². The van der Waals surface area contributed by atoms with E-state index in [-0.39, 0.29) is 18.8 Å². The van der Waals surface area contributed by atoms with Crippen molar-refractivity contribution in [2.75, 3.05) is 6.54 Å². The largest absolute Gasteiger partial charge is 0.393 e. The topological polar surface area (TPSA) is 32.3 Å². The van der Waals surface area contributed by atoms with E-state index in [1.54, 1.807) is 0 Å². The summed E-state index contributed by atoms with van der Waals surface area (Å²) >= 11 is 0. The molecule has 0 aliphatic carbocycles. The number of rotatable bonds is 1. The first-order chi connectivity index (χ1) is 4.70. The maximum atomic E-state index is 11.9. The van der Waals surface area contributed by atoms with Crippen molar-refractivity contribution in [3.63, 3.8) is 0 Å². The van der Waals surface area contributed by atoms with Gasteiger partial charge in [-0.3, -0.25) is 0 Å². The van der Waals surface area contributed by atoms with Gasteiger partial charge in [0.2, 0.25) is 0 Å². The van der Waals surface area contributed by atoms with E-state index in [1.165, 1.54) is 0 Å². The standard InChI is InChI=1S/C6H11F2NO.ClH/c7-6(8)5-3-4(10)1-2-9-5;/h4-6,9-10H,1-3H2;1H. The van der Waals surface area contributed by atoms with Gasteiger partial charge in [-0.2, -0.15) is 0 Å². The van der Waals surface area contributed by atoms with E-state index in [4.69, 9.17) is 5.11 Å². The van der Waals surface area contributed by atoms with E-state index in [9.17, 15) is 8.78 Å². The zero-order valence-electron chi connectivity index (χ0n) is 5.96. The number of hydrogen-bond donors (Lipinski definition) is 2. The van der Waals surface area contributed by atoms with Gasteiger partial charge in [-0.25, -0.2) is 8.78 Å². The van der Waals surface area contributed by atoms with Crippen LogP contribution >= 0.6 is 12.4 Å². The van der Waals surface area contributed by atoms with E-state index >= 15 is 0 Å². The van der Waals surface area contributed by atoms with E-state index in [1.807, 2.05) is 0 Å². The summed E-state index contributed by atoms with van der Waals surface area (Å²) in [6.45, 7) is 0.496. The van der Waals surface area contributed by atoms with Gasteiger partial charge in [-0.1, -0.05) is 0 Å². The average molecular weight is 188 g/mol. The lowest BCUT2D eigenvalue weighted by Gasteiger charge is -2.26. The smallest absolute Gasteiger partial charge is 0.253 e. The molecule has 0 amide bonds. The molecule has 1 aliphatic heterocycles. The van der Waals surface area contributed by atoms with Crippen LogP contribution in [0.3, 0.4) is 0 Å². The summed E-state index contributed by atoms with van der Waals surface area (Å²) in [7, 11) is 0. The lowest BCUT2D eigenvalue weighted by atomic mass is 10.0. The fourth-order valence-electron chi connectivity index (χ4n) is 1.12. The summed E-state index contributed by atoms with van der Waals surface area (Å²) in [6.07, 6.45) is -2.13. The molecule has 2 nitrogen and oxygen atoms in total. The first-order valence-electron chi connectivity index (χ1n) is 3.39. The molecule has 2 N–H and O–H groups in total. The van der Waals surface area contributed by atoms with Crippen LogP contribution in [0, 0.1) is 0 Å². The maximum Gasteiger partial charge on any atom is 0.253 e. The Balaban J connectivity index is 0.000001000. The summed E-state index contributed by atoms with van der Waals surface area (Å²) in [5, 5.41) is 11.6. The van der Waals surface area contributed by atoms with Crippen molar-refractivity contribution < 1.29 is 13.9 Å². The third kappa shape index (κ3) is 3.31. The molecule has 0 spiro atoms. The minimum absolute atomic E-state index is 0. The van der Waals surface area contributed by atoms with Gasteiger partial charge in [0.1, 0.15) is 0 Å². The number of alkyl halides is 2. The minimum atomic E-state index is -2.35. The SMILES string of the molecule is Cl.OC1CCNC(C(F)F)C1. The molecule has 0 aromatic heterocycles. The predicted molar refractivity (Wildman–Crippen MR) is 40.3 cm³/mol. The van der Waals surface area contributed by atoms with Crippen molar-refractivity contribution >= 4 is 12.4 Å². The van der Waals surface area contributed by atoms with Crippen LogP contribution in [-0.4, -0.2) is 30.2 Å². The number of hydrogen-bond acceptors (Lipinski definition) is 2. The Labute approximate surface area is 70.4 Å². The molecule has 0 aromatic rings. The number of piperidine rings is 1. The van der Waals surface area contributed by atoms with Crippen molar-refractivity contribution in [2.24, 2.45) is 0 Å². The summed E-state index contributed by atoms with van der Waals surface area (Å²) in [6, 6.07) is -0.802. The zero-order valence-corrected chi connectivity index (χ0v) is 6.78. The van der Waals surface area contributed by atoms with Crippen molar-refractivity contribution in [1.82, 2.24) is 5.32 Å². The third-order valence-corrected chi connectivity index (χ3v) is 1.71. The van der Waals surface area contributed by atoms with Gasteiger partial charge in [-0.15, -0.1) is 12.4 Å². The molecule has 1 aliphatic rings. The highest BCUT2D eigenvalue weighted by Crippen LogP contribution is 2.13. The summed E-state index contributed by atoms with van der Waals surface area (Å²) in [5.41, 5.74) is 0. The molecule has 0 radical (unpaired) electrons. The lowest BCUT2D eigenvalue weighted by molar-refractivity contribution is 0.0375. The molecule has 2 atom stereocenters. The van der Waals surface area contributed by atoms with Gasteiger partial charge in [0.25, 0.3) is 6.43 Å². The molecule has 1 rings (SSSR count). The Morgan fingerprint density at radius 2 is 2.09 bits per heavy atom. The Kier molecular flexibility index (Phi) is 4.88. The van der Waals surface area contributed by atoms with Gasteiger partial charge in [0, 0.05) is 0 Å². The van der Waals surface area contributed by atoms with Crippen molar-refractivity contribution in [1.29, 1.82) is 0 Å². The van der Waals surface area contributed by atoms with E-state index in [0.29, 0.717) is 13.0 Å². The number of halogens is 3. The third-order valence-electron chi connectivity index (χ3n) is 1.71. The molecular formula is C6H12ClF2NO. The molecule has 1 fully saturated rings. The minimum Gasteiger partial charge on any atom is -0.393 e. The molecule has 1 heterocycles. The molecule has 0 saturated carbocycles. The molecule has 0 aromatic carbocycles. The van der Waals surface area contributed by atoms with Gasteiger partial charge in [0.05, 0.1) is 12.1 Å². The normalized spacial score (nSPS) is 31.6. The summed E-state index contributed by atoms with van der Waals surface area (Å²) in [4.78, 5) is 0. The van der Waals surface area contributed by atoms with Gasteiger partial charge < -0.3 is 10.4 Å². The van der Waals surface area contributed by atoms with Gasteiger partial charge in [0.15, 0.2) is 0 Å². The molecule has 2 unspecified atom stereocenters. The highest BCUT2D eigenvalue weighted by molar-refractivity contribution is 5.85.